The molecule has 0 aliphatic rings. The van der Waals surface area contributed by atoms with E-state index < -0.39 is 0 Å². The molecule has 0 aliphatic heterocycles. The molecule has 1 heterocycles. The molecule has 1 aromatic heterocycles. The molecular weight excluding hydrogens is 559 g/mol. The zero-order chi connectivity index (χ0) is 21.3. The number of ether oxygens (including phenoxy) is 1. The molecule has 0 saturated carbocycles. The van der Waals surface area contributed by atoms with Gasteiger partial charge in [-0.15, -0.1) is 0 Å². The maximum atomic E-state index is 13.4. The minimum absolute atomic E-state index is 0.139. The van der Waals surface area contributed by atoms with Crippen molar-refractivity contribution in [3.63, 3.8) is 0 Å². The fourth-order valence-electron chi connectivity index (χ4n) is 3.11. The van der Waals surface area contributed by atoms with E-state index in [4.69, 9.17) is 9.72 Å². The van der Waals surface area contributed by atoms with E-state index >= 15 is 0 Å². The highest BCUT2D eigenvalue weighted by atomic mass is 127. The van der Waals surface area contributed by atoms with Crippen LogP contribution in [0.1, 0.15) is 11.4 Å². The normalized spacial score (nSPS) is 11.3. The van der Waals surface area contributed by atoms with Gasteiger partial charge in [-0.05, 0) is 83.3 Å². The summed E-state index contributed by atoms with van der Waals surface area (Å²) >= 11 is 5.59. The highest BCUT2D eigenvalue weighted by Crippen LogP contribution is 2.25. The summed E-state index contributed by atoms with van der Waals surface area (Å²) in [6.45, 7) is 0. The number of phenolic OH excluding ortho intramolecular Hbond substituents is 1. The number of phenols is 1. The van der Waals surface area contributed by atoms with Gasteiger partial charge in [0.25, 0.3) is 5.56 Å². The monoisotopic (exact) mass is 574 g/mol. The number of halogens is 2. The van der Waals surface area contributed by atoms with E-state index in [9.17, 15) is 9.90 Å². The number of hydrogen-bond donors (Lipinski definition) is 1. The molecule has 4 aromatic rings. The summed E-state index contributed by atoms with van der Waals surface area (Å²) in [5.74, 6) is 1.23. The maximum absolute atomic E-state index is 13.4. The fourth-order valence-corrected chi connectivity index (χ4v) is 3.98. The van der Waals surface area contributed by atoms with Gasteiger partial charge in [0.05, 0.1) is 23.7 Å². The van der Waals surface area contributed by atoms with Crippen molar-refractivity contribution in [3.05, 3.63) is 90.4 Å². The number of aromatic hydroxyl groups is 1. The number of fused-ring (bicyclic) bond motifs is 1. The van der Waals surface area contributed by atoms with Gasteiger partial charge in [0, 0.05) is 19.7 Å². The van der Waals surface area contributed by atoms with E-state index in [2.05, 4.69) is 38.5 Å². The first-order valence-corrected chi connectivity index (χ1v) is 10.9. The van der Waals surface area contributed by atoms with Gasteiger partial charge >= 0.3 is 0 Å². The molecule has 0 aliphatic carbocycles. The van der Waals surface area contributed by atoms with Crippen LogP contribution >= 0.6 is 38.5 Å². The van der Waals surface area contributed by atoms with Gasteiger partial charge in [-0.1, -0.05) is 22.0 Å². The standard InChI is InChI=1S/C23H16BrIN2O3/c1-30-18-4-2-3-17(13-18)27-22(10-5-14-11-15(24)6-9-21(14)28)26-20-8-7-16(25)12-19(20)23(27)29/h2-13,28H,1H3. The Kier molecular flexibility index (Phi) is 5.92. The second-order valence-electron chi connectivity index (χ2n) is 6.51. The van der Waals surface area contributed by atoms with Crippen molar-refractivity contribution in [2.24, 2.45) is 0 Å². The summed E-state index contributed by atoms with van der Waals surface area (Å²) in [5.41, 5.74) is 1.69. The van der Waals surface area contributed by atoms with Crippen LogP contribution in [0.2, 0.25) is 0 Å². The molecule has 0 fully saturated rings. The quantitative estimate of drug-likeness (QED) is 0.321. The van der Waals surface area contributed by atoms with Crippen molar-refractivity contribution in [2.45, 2.75) is 0 Å². The van der Waals surface area contributed by atoms with Gasteiger partial charge in [0.1, 0.15) is 17.3 Å². The molecule has 4 rings (SSSR count). The zero-order valence-corrected chi connectivity index (χ0v) is 19.6. The van der Waals surface area contributed by atoms with Crippen molar-refractivity contribution < 1.29 is 9.84 Å². The first-order chi connectivity index (χ1) is 14.5. The third-order valence-electron chi connectivity index (χ3n) is 4.57. The Labute approximate surface area is 194 Å². The summed E-state index contributed by atoms with van der Waals surface area (Å²) in [7, 11) is 1.58. The van der Waals surface area contributed by atoms with Crippen LogP contribution < -0.4 is 10.3 Å². The van der Waals surface area contributed by atoms with E-state index in [1.807, 2.05) is 36.4 Å². The molecule has 0 bridgehead atoms. The Balaban J connectivity index is 1.97. The van der Waals surface area contributed by atoms with E-state index in [1.54, 1.807) is 48.1 Å². The molecule has 1 N–H and O–H groups in total. The van der Waals surface area contributed by atoms with Crippen LogP contribution in [0.4, 0.5) is 0 Å². The molecule has 3 aromatic carbocycles. The lowest BCUT2D eigenvalue weighted by molar-refractivity contribution is 0.414. The van der Waals surface area contributed by atoms with Gasteiger partial charge in [-0.3, -0.25) is 9.36 Å². The summed E-state index contributed by atoms with van der Waals surface area (Å²) in [5, 5.41) is 10.7. The van der Waals surface area contributed by atoms with Crippen LogP contribution in [0.15, 0.2) is 69.9 Å². The summed E-state index contributed by atoms with van der Waals surface area (Å²) in [4.78, 5) is 18.1. The molecule has 7 heteroatoms. The van der Waals surface area contributed by atoms with E-state index in [-0.39, 0.29) is 11.3 Å². The molecule has 5 nitrogen and oxygen atoms in total. The third-order valence-corrected chi connectivity index (χ3v) is 5.73. The summed E-state index contributed by atoms with van der Waals surface area (Å²) < 4.78 is 8.67. The number of aromatic nitrogens is 2. The lowest BCUT2D eigenvalue weighted by Crippen LogP contribution is -2.22. The Bertz CT molecular complexity index is 1350. The predicted molar refractivity (Wildman–Crippen MR) is 131 cm³/mol. The minimum atomic E-state index is -0.176. The van der Waals surface area contributed by atoms with Crippen LogP contribution in [0.3, 0.4) is 0 Å². The van der Waals surface area contributed by atoms with Crippen molar-refractivity contribution in [3.8, 4) is 17.2 Å². The Hall–Kier alpha value is -2.65. The molecule has 0 atom stereocenters. The first-order valence-electron chi connectivity index (χ1n) is 8.99. The van der Waals surface area contributed by atoms with Crippen LogP contribution in [-0.4, -0.2) is 21.8 Å². The summed E-state index contributed by atoms with van der Waals surface area (Å²) in [6, 6.07) is 18.0. The van der Waals surface area contributed by atoms with Crippen LogP contribution in [0, 0.1) is 3.57 Å². The number of nitrogens with zero attached hydrogens (tertiary/aromatic N) is 2. The molecule has 0 amide bonds. The number of methoxy groups -OCH3 is 1. The van der Waals surface area contributed by atoms with Crippen molar-refractivity contribution in [1.29, 1.82) is 0 Å². The molecular formula is C23H16BrIN2O3. The van der Waals surface area contributed by atoms with Gasteiger partial charge in [-0.25, -0.2) is 4.98 Å². The Morgan fingerprint density at radius 3 is 2.73 bits per heavy atom. The van der Waals surface area contributed by atoms with Gasteiger partial charge in [0.2, 0.25) is 0 Å². The average molecular weight is 575 g/mol. The first kappa shape index (κ1) is 20.6. The molecule has 0 unspecified atom stereocenters. The number of rotatable bonds is 4. The van der Waals surface area contributed by atoms with Gasteiger partial charge in [0.15, 0.2) is 0 Å². The van der Waals surface area contributed by atoms with E-state index in [0.717, 1.165) is 8.04 Å². The SMILES string of the molecule is COc1cccc(-n2c(C=Cc3cc(Br)ccc3O)nc3ccc(I)cc3c2=O)c1. The number of benzene rings is 3. The second-order valence-corrected chi connectivity index (χ2v) is 8.67. The lowest BCUT2D eigenvalue weighted by atomic mass is 10.1. The molecule has 0 saturated heterocycles. The molecule has 0 spiro atoms. The topological polar surface area (TPSA) is 64.3 Å². The largest absolute Gasteiger partial charge is 0.507 e. The van der Waals surface area contributed by atoms with Crippen molar-refractivity contribution in [2.75, 3.05) is 7.11 Å². The fraction of sp³-hybridized carbons (Fsp3) is 0.0435. The van der Waals surface area contributed by atoms with Gasteiger partial charge in [-0.2, -0.15) is 0 Å². The molecule has 150 valence electrons. The van der Waals surface area contributed by atoms with Crippen molar-refractivity contribution >= 4 is 61.6 Å². The van der Waals surface area contributed by atoms with Crippen molar-refractivity contribution in [1.82, 2.24) is 9.55 Å². The second kappa shape index (κ2) is 8.61. The minimum Gasteiger partial charge on any atom is -0.507 e. The smallest absolute Gasteiger partial charge is 0.266 e. The average Bonchev–Trinajstić information content (AvgIpc) is 2.75. The van der Waals surface area contributed by atoms with Gasteiger partial charge < -0.3 is 9.84 Å². The highest BCUT2D eigenvalue weighted by Gasteiger charge is 2.12. The number of hydrogen-bond acceptors (Lipinski definition) is 4. The Morgan fingerprint density at radius 1 is 1.10 bits per heavy atom. The van der Waals surface area contributed by atoms with E-state index in [1.165, 1.54) is 0 Å². The molecule has 0 radical (unpaired) electrons. The zero-order valence-electron chi connectivity index (χ0n) is 15.8. The van der Waals surface area contributed by atoms with Crippen LogP contribution in [0.5, 0.6) is 11.5 Å². The highest BCUT2D eigenvalue weighted by molar-refractivity contribution is 14.1. The molecule has 30 heavy (non-hydrogen) atoms. The lowest BCUT2D eigenvalue weighted by Gasteiger charge is -2.13. The van der Waals surface area contributed by atoms with Crippen LogP contribution in [0.25, 0.3) is 28.7 Å². The predicted octanol–water partition coefficient (Wildman–Crippen LogP) is 5.64. The maximum Gasteiger partial charge on any atom is 0.266 e. The Morgan fingerprint density at radius 2 is 1.93 bits per heavy atom. The summed E-state index contributed by atoms with van der Waals surface area (Å²) in [6.07, 6.45) is 3.46. The third kappa shape index (κ3) is 4.13. The van der Waals surface area contributed by atoms with E-state index in [0.29, 0.717) is 33.7 Å². The van der Waals surface area contributed by atoms with Crippen LogP contribution in [-0.2, 0) is 0 Å².